The molecule has 2 N–H and O–H groups in total. The van der Waals surface area contributed by atoms with Crippen LogP contribution in [0.1, 0.15) is 48.1 Å². The fraction of sp³-hybridized carbons (Fsp3) is 0.643. The van der Waals surface area contributed by atoms with Gasteiger partial charge in [-0.3, -0.25) is 4.90 Å². The number of carboxylic acid groups (broad SMARTS) is 1. The summed E-state index contributed by atoms with van der Waals surface area (Å²) in [6.45, 7) is 5.91. The Balaban J connectivity index is 2.01. The molecule has 0 aromatic carbocycles. The summed E-state index contributed by atoms with van der Waals surface area (Å²) >= 11 is 0. The zero-order chi connectivity index (χ0) is 14.0. The zero-order valence-electron chi connectivity index (χ0n) is 11.5. The maximum atomic E-state index is 10.9. The Morgan fingerprint density at radius 1 is 1.47 bits per heavy atom. The van der Waals surface area contributed by atoms with Crippen LogP contribution in [0, 0.1) is 6.92 Å². The molecule has 1 saturated heterocycles. The van der Waals surface area contributed by atoms with E-state index in [0.29, 0.717) is 17.9 Å². The second-order valence-corrected chi connectivity index (χ2v) is 5.66. The van der Waals surface area contributed by atoms with Gasteiger partial charge in [0.25, 0.3) is 0 Å². The van der Waals surface area contributed by atoms with Crippen LogP contribution >= 0.6 is 0 Å². The minimum absolute atomic E-state index is 0.0248. The first-order valence-electron chi connectivity index (χ1n) is 6.65. The number of carbonyl (C=O) groups is 1. The number of furan rings is 1. The lowest BCUT2D eigenvalue weighted by Crippen LogP contribution is -2.28. The summed E-state index contributed by atoms with van der Waals surface area (Å²) in [6.07, 6.45) is 2.48. The van der Waals surface area contributed by atoms with Crippen molar-refractivity contribution in [2.24, 2.45) is 0 Å². The molecule has 1 aliphatic rings. The van der Waals surface area contributed by atoms with Gasteiger partial charge in [0.2, 0.25) is 5.76 Å². The Morgan fingerprint density at radius 3 is 2.84 bits per heavy atom. The highest BCUT2D eigenvalue weighted by molar-refractivity contribution is 5.86. The predicted molar refractivity (Wildman–Crippen MR) is 70.2 cm³/mol. The van der Waals surface area contributed by atoms with Crippen LogP contribution in [0.15, 0.2) is 10.5 Å². The van der Waals surface area contributed by atoms with Crippen LogP contribution in [-0.4, -0.2) is 39.8 Å². The van der Waals surface area contributed by atoms with E-state index in [1.807, 2.05) is 6.92 Å². The number of carboxylic acids is 1. The third-order valence-electron chi connectivity index (χ3n) is 3.70. The van der Waals surface area contributed by atoms with Gasteiger partial charge in [-0.1, -0.05) is 0 Å². The van der Waals surface area contributed by atoms with Gasteiger partial charge in [0.05, 0.1) is 12.1 Å². The largest absolute Gasteiger partial charge is 0.475 e. The average Bonchev–Trinajstić information content (AvgIpc) is 2.57. The first kappa shape index (κ1) is 14.1. The van der Waals surface area contributed by atoms with Gasteiger partial charge in [0.1, 0.15) is 5.76 Å². The molecule has 5 heteroatoms. The van der Waals surface area contributed by atoms with Gasteiger partial charge >= 0.3 is 5.97 Å². The number of hydrogen-bond acceptors (Lipinski definition) is 4. The van der Waals surface area contributed by atoms with Crippen molar-refractivity contribution in [1.29, 1.82) is 0 Å². The summed E-state index contributed by atoms with van der Waals surface area (Å²) in [5.74, 6) is -0.323. The van der Waals surface area contributed by atoms with E-state index in [4.69, 9.17) is 9.52 Å². The third-order valence-corrected chi connectivity index (χ3v) is 3.70. The molecule has 1 aromatic rings. The third kappa shape index (κ3) is 3.58. The molecule has 0 amide bonds. The van der Waals surface area contributed by atoms with E-state index in [9.17, 15) is 9.90 Å². The molecule has 0 bridgehead atoms. The number of likely N-dealkylation sites (tertiary alicyclic amines) is 1. The fourth-order valence-electron chi connectivity index (χ4n) is 2.54. The Hall–Kier alpha value is -1.33. The minimum Gasteiger partial charge on any atom is -0.475 e. The van der Waals surface area contributed by atoms with Gasteiger partial charge in [0.15, 0.2) is 0 Å². The Kier molecular flexibility index (Phi) is 3.96. The molecule has 19 heavy (non-hydrogen) atoms. The molecular formula is C14H21NO4. The van der Waals surface area contributed by atoms with E-state index in [0.717, 1.165) is 32.4 Å². The summed E-state index contributed by atoms with van der Waals surface area (Å²) in [5, 5.41) is 19.0. The van der Waals surface area contributed by atoms with Gasteiger partial charge in [0, 0.05) is 12.1 Å². The number of hydrogen-bond donors (Lipinski definition) is 2. The standard InChI is InChI=1S/C14H21NO4/c1-10-8-11(19-12(10)13(16)17)9-15-6-3-4-14(2,18)5-7-15/h8,18H,3-7,9H2,1-2H3,(H,16,17). The van der Waals surface area contributed by atoms with Crippen LogP contribution in [-0.2, 0) is 6.54 Å². The van der Waals surface area contributed by atoms with Crippen molar-refractivity contribution < 1.29 is 19.4 Å². The maximum Gasteiger partial charge on any atom is 0.372 e. The van der Waals surface area contributed by atoms with Gasteiger partial charge in [-0.2, -0.15) is 0 Å². The lowest BCUT2D eigenvalue weighted by atomic mass is 9.98. The van der Waals surface area contributed by atoms with Crippen LogP contribution in [0.5, 0.6) is 0 Å². The lowest BCUT2D eigenvalue weighted by Gasteiger charge is -2.21. The zero-order valence-corrected chi connectivity index (χ0v) is 11.5. The van der Waals surface area contributed by atoms with Crippen molar-refractivity contribution in [3.05, 3.63) is 23.2 Å². The summed E-state index contributed by atoms with van der Waals surface area (Å²) in [6, 6.07) is 1.78. The quantitative estimate of drug-likeness (QED) is 0.876. The normalized spacial score (nSPS) is 25.2. The molecular weight excluding hydrogens is 246 g/mol. The Morgan fingerprint density at radius 2 is 2.21 bits per heavy atom. The molecule has 2 heterocycles. The summed E-state index contributed by atoms with van der Waals surface area (Å²) in [7, 11) is 0. The highest BCUT2D eigenvalue weighted by atomic mass is 16.4. The Bertz CT molecular complexity index is 464. The SMILES string of the molecule is Cc1cc(CN2CCCC(C)(O)CC2)oc1C(=O)O. The molecule has 1 unspecified atom stereocenters. The summed E-state index contributed by atoms with van der Waals surface area (Å²) in [5.41, 5.74) is 0.0735. The van der Waals surface area contributed by atoms with Crippen LogP contribution in [0.2, 0.25) is 0 Å². The van der Waals surface area contributed by atoms with Crippen molar-refractivity contribution in [1.82, 2.24) is 4.90 Å². The molecule has 1 aromatic heterocycles. The van der Waals surface area contributed by atoms with Gasteiger partial charge in [-0.05, 0) is 45.7 Å². The topological polar surface area (TPSA) is 73.9 Å². The molecule has 0 radical (unpaired) electrons. The number of aliphatic hydroxyl groups is 1. The van der Waals surface area contributed by atoms with Crippen LogP contribution in [0.25, 0.3) is 0 Å². The molecule has 1 aliphatic heterocycles. The van der Waals surface area contributed by atoms with Gasteiger partial charge in [-0.15, -0.1) is 0 Å². The maximum absolute atomic E-state index is 10.9. The fourth-order valence-corrected chi connectivity index (χ4v) is 2.54. The highest BCUT2D eigenvalue weighted by Crippen LogP contribution is 2.23. The molecule has 5 nitrogen and oxygen atoms in total. The molecule has 0 spiro atoms. The van der Waals surface area contributed by atoms with Crippen LogP contribution in [0.4, 0.5) is 0 Å². The van der Waals surface area contributed by atoms with Crippen molar-refractivity contribution >= 4 is 5.97 Å². The van der Waals surface area contributed by atoms with E-state index in [-0.39, 0.29) is 5.76 Å². The second-order valence-electron chi connectivity index (χ2n) is 5.66. The minimum atomic E-state index is -1.03. The van der Waals surface area contributed by atoms with Crippen molar-refractivity contribution in [3.8, 4) is 0 Å². The smallest absolute Gasteiger partial charge is 0.372 e. The van der Waals surface area contributed by atoms with E-state index < -0.39 is 11.6 Å². The number of nitrogens with zero attached hydrogens (tertiary/aromatic N) is 1. The lowest BCUT2D eigenvalue weighted by molar-refractivity contribution is 0.0442. The summed E-state index contributed by atoms with van der Waals surface area (Å²) in [4.78, 5) is 13.1. The first-order valence-corrected chi connectivity index (χ1v) is 6.65. The average molecular weight is 267 g/mol. The molecule has 0 saturated carbocycles. The molecule has 1 atom stereocenters. The predicted octanol–water partition coefficient (Wildman–Crippen LogP) is 2.02. The number of aromatic carboxylic acids is 1. The second kappa shape index (κ2) is 5.35. The molecule has 106 valence electrons. The van der Waals surface area contributed by atoms with Gasteiger partial charge in [-0.25, -0.2) is 4.79 Å². The Labute approximate surface area is 112 Å². The van der Waals surface area contributed by atoms with Crippen molar-refractivity contribution in [2.45, 2.75) is 45.3 Å². The monoisotopic (exact) mass is 267 g/mol. The van der Waals surface area contributed by atoms with Crippen molar-refractivity contribution in [2.75, 3.05) is 13.1 Å². The molecule has 1 fully saturated rings. The van der Waals surface area contributed by atoms with Crippen LogP contribution in [0.3, 0.4) is 0 Å². The van der Waals surface area contributed by atoms with E-state index in [2.05, 4.69) is 4.90 Å². The number of rotatable bonds is 3. The number of aryl methyl sites for hydroxylation is 1. The van der Waals surface area contributed by atoms with E-state index in [1.165, 1.54) is 0 Å². The summed E-state index contributed by atoms with van der Waals surface area (Å²) < 4.78 is 5.37. The van der Waals surface area contributed by atoms with E-state index >= 15 is 0 Å². The van der Waals surface area contributed by atoms with Gasteiger partial charge < -0.3 is 14.6 Å². The van der Waals surface area contributed by atoms with Crippen LogP contribution < -0.4 is 0 Å². The first-order chi connectivity index (χ1) is 8.87. The highest BCUT2D eigenvalue weighted by Gasteiger charge is 2.25. The molecule has 2 rings (SSSR count). The molecule has 0 aliphatic carbocycles. The van der Waals surface area contributed by atoms with Crippen molar-refractivity contribution in [3.63, 3.8) is 0 Å². The van der Waals surface area contributed by atoms with E-state index in [1.54, 1.807) is 13.0 Å².